The number of carbonyl (C=O) groups is 1. The van der Waals surface area contributed by atoms with Crippen LogP contribution in [0, 0.1) is 0 Å². The average molecular weight is 416 g/mol. The van der Waals surface area contributed by atoms with Gasteiger partial charge in [0.2, 0.25) is 5.91 Å². The monoisotopic (exact) mass is 415 g/mol. The Bertz CT molecular complexity index is 804. The van der Waals surface area contributed by atoms with Crippen molar-refractivity contribution in [3.8, 4) is 11.5 Å². The molecule has 2 aromatic carbocycles. The van der Waals surface area contributed by atoms with Crippen molar-refractivity contribution in [3.63, 3.8) is 0 Å². The first kappa shape index (κ1) is 18.5. The summed E-state index contributed by atoms with van der Waals surface area (Å²) in [6, 6.07) is 14.0. The van der Waals surface area contributed by atoms with Gasteiger partial charge >= 0.3 is 0 Å². The van der Waals surface area contributed by atoms with Gasteiger partial charge in [0.15, 0.2) is 11.5 Å². The number of halogens is 1. The van der Waals surface area contributed by atoms with Gasteiger partial charge in [-0.3, -0.25) is 4.79 Å². The van der Waals surface area contributed by atoms with E-state index < -0.39 is 0 Å². The van der Waals surface area contributed by atoms with Gasteiger partial charge in [0, 0.05) is 10.7 Å². The first-order valence-corrected chi connectivity index (χ1v) is 9.36. The van der Waals surface area contributed by atoms with Gasteiger partial charge in [0.25, 0.3) is 0 Å². The van der Waals surface area contributed by atoms with Crippen molar-refractivity contribution in [3.05, 3.63) is 70.3 Å². The molecule has 136 valence electrons. The lowest BCUT2D eigenvalue weighted by Crippen LogP contribution is -2.33. The van der Waals surface area contributed by atoms with Crippen LogP contribution in [0.25, 0.3) is 0 Å². The van der Waals surface area contributed by atoms with Gasteiger partial charge in [0.05, 0.1) is 26.7 Å². The zero-order valence-corrected chi connectivity index (χ0v) is 16.5. The van der Waals surface area contributed by atoms with Crippen molar-refractivity contribution in [2.75, 3.05) is 14.2 Å². The summed E-state index contributed by atoms with van der Waals surface area (Å²) in [4.78, 5) is 14.9. The van der Waals surface area contributed by atoms with Gasteiger partial charge in [-0.15, -0.1) is 0 Å². The summed E-state index contributed by atoms with van der Waals surface area (Å²) in [6.45, 7) is 0. The molecule has 4 nitrogen and oxygen atoms in total. The second-order valence-corrected chi connectivity index (χ2v) is 7.02. The van der Waals surface area contributed by atoms with Crippen LogP contribution in [0.5, 0.6) is 11.5 Å². The predicted molar refractivity (Wildman–Crippen MR) is 105 cm³/mol. The number of amides is 1. The van der Waals surface area contributed by atoms with E-state index >= 15 is 0 Å². The number of benzene rings is 2. The van der Waals surface area contributed by atoms with E-state index in [2.05, 4.69) is 34.1 Å². The van der Waals surface area contributed by atoms with Crippen LogP contribution in [0.15, 0.2) is 59.2 Å². The Hall–Kier alpha value is -2.27. The zero-order chi connectivity index (χ0) is 18.5. The van der Waals surface area contributed by atoms with E-state index in [-0.39, 0.29) is 18.4 Å². The summed E-state index contributed by atoms with van der Waals surface area (Å²) in [5, 5.41) is 0. The lowest BCUT2D eigenvalue weighted by atomic mass is 9.97. The zero-order valence-electron chi connectivity index (χ0n) is 14.9. The molecule has 0 saturated heterocycles. The summed E-state index contributed by atoms with van der Waals surface area (Å²) < 4.78 is 11.5. The number of methoxy groups -OCH3 is 2. The second-order valence-electron chi connectivity index (χ2n) is 6.16. The molecule has 0 N–H and O–H groups in total. The maximum absolute atomic E-state index is 13.0. The molecule has 0 fully saturated rings. The molecule has 1 aliphatic rings. The Morgan fingerprint density at radius 1 is 1.15 bits per heavy atom. The number of allylic oxidation sites excluding steroid dienone is 1. The van der Waals surface area contributed by atoms with Crippen LogP contribution in [0.1, 0.15) is 30.0 Å². The van der Waals surface area contributed by atoms with Crippen molar-refractivity contribution in [1.82, 2.24) is 4.90 Å². The van der Waals surface area contributed by atoms with Crippen LogP contribution in [0.4, 0.5) is 0 Å². The smallest absolute Gasteiger partial charge is 0.231 e. The Morgan fingerprint density at radius 3 is 2.54 bits per heavy atom. The Balaban J connectivity index is 1.84. The lowest BCUT2D eigenvalue weighted by Gasteiger charge is -2.32. The Morgan fingerprint density at radius 2 is 1.85 bits per heavy atom. The molecule has 1 amide bonds. The standard InChI is InChI=1S/C21H22BrNO3/c1-25-19-12-16(17(22)14-20(19)26-2)13-21(24)23-11-7-6-10-18(23)15-8-4-3-5-9-15/h3-5,7-9,11-12,14,18H,6,10,13H2,1-2H3/t18-/m0/s1. The van der Waals surface area contributed by atoms with Crippen LogP contribution >= 0.6 is 15.9 Å². The third kappa shape index (κ3) is 3.93. The number of ether oxygens (including phenoxy) is 2. The number of hydrogen-bond donors (Lipinski definition) is 0. The van der Waals surface area contributed by atoms with Crippen LogP contribution in [-0.4, -0.2) is 25.0 Å². The minimum atomic E-state index is 0.0581. The summed E-state index contributed by atoms with van der Waals surface area (Å²) in [6.07, 6.45) is 6.16. The summed E-state index contributed by atoms with van der Waals surface area (Å²) >= 11 is 3.54. The van der Waals surface area contributed by atoms with E-state index in [0.717, 1.165) is 28.4 Å². The minimum Gasteiger partial charge on any atom is -0.493 e. The van der Waals surface area contributed by atoms with Gasteiger partial charge in [0.1, 0.15) is 0 Å². The lowest BCUT2D eigenvalue weighted by molar-refractivity contribution is -0.130. The van der Waals surface area contributed by atoms with E-state index in [1.54, 1.807) is 14.2 Å². The third-order valence-electron chi connectivity index (χ3n) is 4.58. The first-order valence-electron chi connectivity index (χ1n) is 8.57. The molecule has 1 atom stereocenters. The molecule has 3 rings (SSSR count). The fourth-order valence-electron chi connectivity index (χ4n) is 3.23. The number of rotatable bonds is 5. The molecule has 26 heavy (non-hydrogen) atoms. The van der Waals surface area contributed by atoms with Gasteiger partial charge < -0.3 is 14.4 Å². The summed E-state index contributed by atoms with van der Waals surface area (Å²) in [5.74, 6) is 1.31. The number of carbonyl (C=O) groups excluding carboxylic acids is 1. The molecule has 0 saturated carbocycles. The van der Waals surface area contributed by atoms with Crippen LogP contribution in [-0.2, 0) is 11.2 Å². The molecule has 1 heterocycles. The van der Waals surface area contributed by atoms with Crippen molar-refractivity contribution in [2.45, 2.75) is 25.3 Å². The summed E-state index contributed by atoms with van der Waals surface area (Å²) in [7, 11) is 3.19. The first-order chi connectivity index (χ1) is 12.6. The predicted octanol–water partition coefficient (Wildman–Crippen LogP) is 4.89. The maximum atomic E-state index is 13.0. The molecule has 0 aromatic heterocycles. The highest BCUT2D eigenvalue weighted by Crippen LogP contribution is 2.35. The van der Waals surface area contributed by atoms with Crippen LogP contribution < -0.4 is 9.47 Å². The molecule has 1 aliphatic heterocycles. The highest BCUT2D eigenvalue weighted by Gasteiger charge is 2.26. The summed E-state index contributed by atoms with van der Waals surface area (Å²) in [5.41, 5.74) is 2.04. The van der Waals surface area contributed by atoms with E-state index in [9.17, 15) is 4.79 Å². The highest BCUT2D eigenvalue weighted by molar-refractivity contribution is 9.10. The van der Waals surface area contributed by atoms with Crippen molar-refractivity contribution in [1.29, 1.82) is 0 Å². The fraction of sp³-hybridized carbons (Fsp3) is 0.286. The molecule has 0 radical (unpaired) electrons. The number of nitrogens with zero attached hydrogens (tertiary/aromatic N) is 1. The van der Waals surface area contributed by atoms with E-state index in [4.69, 9.17) is 9.47 Å². The minimum absolute atomic E-state index is 0.0581. The molecule has 0 unspecified atom stereocenters. The molecule has 0 aliphatic carbocycles. The average Bonchev–Trinajstić information content (AvgIpc) is 2.69. The third-order valence-corrected chi connectivity index (χ3v) is 5.31. The van der Waals surface area contributed by atoms with E-state index in [1.807, 2.05) is 41.4 Å². The molecular weight excluding hydrogens is 394 g/mol. The van der Waals surface area contributed by atoms with Gasteiger partial charge in [-0.25, -0.2) is 0 Å². The SMILES string of the molecule is COc1cc(Br)c(CC(=O)N2C=CCC[C@H]2c2ccccc2)cc1OC. The molecule has 0 bridgehead atoms. The van der Waals surface area contributed by atoms with E-state index in [0.29, 0.717) is 11.5 Å². The molecule has 5 heteroatoms. The largest absolute Gasteiger partial charge is 0.493 e. The molecule has 0 spiro atoms. The van der Waals surface area contributed by atoms with E-state index in [1.165, 1.54) is 0 Å². The Labute approximate surface area is 162 Å². The number of hydrogen-bond acceptors (Lipinski definition) is 3. The molecule has 2 aromatic rings. The van der Waals surface area contributed by atoms with Crippen molar-refractivity contribution in [2.24, 2.45) is 0 Å². The highest BCUT2D eigenvalue weighted by atomic mass is 79.9. The fourth-order valence-corrected chi connectivity index (χ4v) is 3.69. The van der Waals surface area contributed by atoms with Crippen molar-refractivity contribution >= 4 is 21.8 Å². The normalized spacial score (nSPS) is 16.4. The van der Waals surface area contributed by atoms with Crippen molar-refractivity contribution < 1.29 is 14.3 Å². The van der Waals surface area contributed by atoms with Crippen LogP contribution in [0.2, 0.25) is 0 Å². The topological polar surface area (TPSA) is 38.8 Å². The second kappa shape index (κ2) is 8.41. The van der Waals surface area contributed by atoms with Gasteiger partial charge in [-0.1, -0.05) is 52.3 Å². The van der Waals surface area contributed by atoms with Gasteiger partial charge in [-0.05, 0) is 36.1 Å². The molecular formula is C21H22BrNO3. The Kier molecular flexibility index (Phi) is 5.99. The maximum Gasteiger partial charge on any atom is 0.231 e. The van der Waals surface area contributed by atoms with Gasteiger partial charge in [-0.2, -0.15) is 0 Å². The quantitative estimate of drug-likeness (QED) is 0.697. The van der Waals surface area contributed by atoms with Crippen LogP contribution in [0.3, 0.4) is 0 Å².